The molecular formula is C26H19F3N4O6. The summed E-state index contributed by atoms with van der Waals surface area (Å²) >= 11 is 0. The highest BCUT2D eigenvalue weighted by Crippen LogP contribution is 2.32. The maximum atomic E-state index is 13.4. The minimum atomic E-state index is -4.64. The van der Waals surface area contributed by atoms with Gasteiger partial charge >= 0.3 is 17.8 Å². The molecule has 0 unspecified atom stereocenters. The van der Waals surface area contributed by atoms with E-state index in [2.05, 4.69) is 10.1 Å². The lowest BCUT2D eigenvalue weighted by molar-refractivity contribution is -0.385. The average Bonchev–Trinajstić information content (AvgIpc) is 2.91. The van der Waals surface area contributed by atoms with Crippen molar-refractivity contribution in [3.05, 3.63) is 98.3 Å². The Bertz CT molecular complexity index is 1650. The summed E-state index contributed by atoms with van der Waals surface area (Å²) in [6, 6.07) is 14.3. The van der Waals surface area contributed by atoms with Crippen molar-refractivity contribution in [3.63, 3.8) is 0 Å². The van der Waals surface area contributed by atoms with Crippen molar-refractivity contribution >= 4 is 28.8 Å². The van der Waals surface area contributed by atoms with Crippen molar-refractivity contribution in [2.24, 2.45) is 5.10 Å². The second-order valence-corrected chi connectivity index (χ2v) is 7.94. The van der Waals surface area contributed by atoms with Crippen LogP contribution >= 0.6 is 0 Å². The third kappa shape index (κ3) is 5.92. The standard InChI is InChI=1S/C26H19F3N4O6/c1-2-38-22(34)15-39-23-17(8-6-12-21(23)33(36)37)14-30-32-24(16-7-5-9-18(13-16)26(27,28)29)31-20-11-4-3-10-19(20)25(32)35/h3-14H,2,15H2,1H3. The average molecular weight is 540 g/mol. The van der Waals surface area contributed by atoms with E-state index >= 15 is 0 Å². The highest BCUT2D eigenvalue weighted by molar-refractivity contribution is 5.87. The third-order valence-corrected chi connectivity index (χ3v) is 5.38. The number of hydrogen-bond acceptors (Lipinski definition) is 8. The molecule has 3 aromatic carbocycles. The Labute approximate surface area is 218 Å². The Morgan fingerprint density at radius 1 is 1.13 bits per heavy atom. The number of carbonyl (C=O) groups is 1. The summed E-state index contributed by atoms with van der Waals surface area (Å²) in [6.07, 6.45) is -3.59. The molecule has 0 bridgehead atoms. The number of nitro benzene ring substituents is 1. The molecule has 13 heteroatoms. The predicted octanol–water partition coefficient (Wildman–Crippen LogP) is 4.81. The molecule has 1 aromatic heterocycles. The van der Waals surface area contributed by atoms with Crippen LogP contribution in [-0.2, 0) is 15.7 Å². The summed E-state index contributed by atoms with van der Waals surface area (Å²) in [6.45, 7) is 1.02. The Kier molecular flexibility index (Phi) is 7.70. The summed E-state index contributed by atoms with van der Waals surface area (Å²) in [4.78, 5) is 40.4. The van der Waals surface area contributed by atoms with E-state index in [1.165, 1.54) is 36.4 Å². The number of hydrogen-bond donors (Lipinski definition) is 0. The zero-order valence-corrected chi connectivity index (χ0v) is 20.2. The summed E-state index contributed by atoms with van der Waals surface area (Å²) in [7, 11) is 0. The summed E-state index contributed by atoms with van der Waals surface area (Å²) in [5, 5.41) is 15.9. The molecule has 0 spiro atoms. The molecule has 4 aromatic rings. The number of nitrogens with zero attached hydrogens (tertiary/aromatic N) is 4. The van der Waals surface area contributed by atoms with Crippen LogP contribution in [0.15, 0.2) is 76.6 Å². The number of ether oxygens (including phenoxy) is 2. The molecule has 4 rings (SSSR count). The van der Waals surface area contributed by atoms with Crippen LogP contribution in [0.2, 0.25) is 0 Å². The van der Waals surface area contributed by atoms with Gasteiger partial charge in [-0.2, -0.15) is 22.9 Å². The third-order valence-electron chi connectivity index (χ3n) is 5.38. The highest BCUT2D eigenvalue weighted by Gasteiger charge is 2.31. The van der Waals surface area contributed by atoms with Gasteiger partial charge in [0.1, 0.15) is 0 Å². The maximum Gasteiger partial charge on any atom is 0.416 e. The van der Waals surface area contributed by atoms with Gasteiger partial charge in [-0.05, 0) is 37.3 Å². The second kappa shape index (κ2) is 11.1. The number of benzene rings is 3. The zero-order valence-electron chi connectivity index (χ0n) is 20.2. The van der Waals surface area contributed by atoms with Gasteiger partial charge in [0.2, 0.25) is 5.75 Å². The topological polar surface area (TPSA) is 126 Å². The van der Waals surface area contributed by atoms with E-state index in [1.54, 1.807) is 19.1 Å². The van der Waals surface area contributed by atoms with Gasteiger partial charge in [0.15, 0.2) is 12.4 Å². The molecule has 0 amide bonds. The molecule has 0 aliphatic heterocycles. The molecule has 1 heterocycles. The second-order valence-electron chi connectivity index (χ2n) is 7.94. The van der Waals surface area contributed by atoms with Crippen LogP contribution in [0, 0.1) is 10.1 Å². The first-order chi connectivity index (χ1) is 18.6. The van der Waals surface area contributed by atoms with Gasteiger partial charge in [-0.3, -0.25) is 14.9 Å². The molecule has 0 aliphatic rings. The lowest BCUT2D eigenvalue weighted by Gasteiger charge is -2.12. The molecule has 10 nitrogen and oxygen atoms in total. The number of halogens is 3. The smallest absolute Gasteiger partial charge is 0.416 e. The first kappa shape index (κ1) is 27.0. The molecule has 200 valence electrons. The van der Waals surface area contributed by atoms with Crippen molar-refractivity contribution in [1.29, 1.82) is 0 Å². The fourth-order valence-electron chi connectivity index (χ4n) is 3.65. The summed E-state index contributed by atoms with van der Waals surface area (Å²) < 4.78 is 51.1. The maximum absolute atomic E-state index is 13.4. The minimum Gasteiger partial charge on any atom is -0.474 e. The predicted molar refractivity (Wildman–Crippen MR) is 135 cm³/mol. The molecule has 0 aliphatic carbocycles. The Balaban J connectivity index is 1.88. The first-order valence-electron chi connectivity index (χ1n) is 11.4. The lowest BCUT2D eigenvalue weighted by atomic mass is 10.1. The van der Waals surface area contributed by atoms with Gasteiger partial charge in [-0.1, -0.05) is 30.3 Å². The number of aromatic nitrogens is 2. The van der Waals surface area contributed by atoms with E-state index in [4.69, 9.17) is 9.47 Å². The van der Waals surface area contributed by atoms with Gasteiger partial charge in [0, 0.05) is 17.2 Å². The minimum absolute atomic E-state index is 0.0172. The lowest BCUT2D eigenvalue weighted by Crippen LogP contribution is -2.20. The quantitative estimate of drug-likeness (QED) is 0.136. The van der Waals surface area contributed by atoms with E-state index in [9.17, 15) is 32.9 Å². The van der Waals surface area contributed by atoms with E-state index < -0.39 is 40.5 Å². The van der Waals surface area contributed by atoms with Gasteiger partial charge in [-0.15, -0.1) is 0 Å². The van der Waals surface area contributed by atoms with E-state index in [1.807, 2.05) is 0 Å². The molecule has 0 radical (unpaired) electrons. The van der Waals surface area contributed by atoms with Crippen LogP contribution in [0.5, 0.6) is 5.75 Å². The summed E-state index contributed by atoms with van der Waals surface area (Å²) in [5.74, 6) is -1.28. The van der Waals surface area contributed by atoms with Crippen molar-refractivity contribution in [2.45, 2.75) is 13.1 Å². The van der Waals surface area contributed by atoms with Crippen LogP contribution in [0.25, 0.3) is 22.3 Å². The Hall–Kier alpha value is -5.07. The van der Waals surface area contributed by atoms with Crippen LogP contribution in [0.1, 0.15) is 18.1 Å². The van der Waals surface area contributed by atoms with E-state index in [-0.39, 0.29) is 40.2 Å². The van der Waals surface area contributed by atoms with Crippen LogP contribution in [0.3, 0.4) is 0 Å². The van der Waals surface area contributed by atoms with Crippen molar-refractivity contribution in [3.8, 4) is 17.1 Å². The van der Waals surface area contributed by atoms with Gasteiger partial charge in [0.05, 0.1) is 34.2 Å². The fraction of sp³-hybridized carbons (Fsp3) is 0.154. The number of fused-ring (bicyclic) bond motifs is 1. The molecule has 0 N–H and O–H groups in total. The van der Waals surface area contributed by atoms with Crippen molar-refractivity contribution in [1.82, 2.24) is 9.66 Å². The van der Waals surface area contributed by atoms with Crippen LogP contribution in [0.4, 0.5) is 18.9 Å². The van der Waals surface area contributed by atoms with Gasteiger partial charge in [0.25, 0.3) is 5.56 Å². The zero-order chi connectivity index (χ0) is 28.2. The van der Waals surface area contributed by atoms with E-state index in [0.29, 0.717) is 0 Å². The molecule has 0 atom stereocenters. The number of esters is 1. The summed E-state index contributed by atoms with van der Waals surface area (Å²) in [5.41, 5.74) is -1.92. The largest absolute Gasteiger partial charge is 0.474 e. The Morgan fingerprint density at radius 2 is 1.87 bits per heavy atom. The monoisotopic (exact) mass is 540 g/mol. The molecular weight excluding hydrogens is 521 g/mol. The highest BCUT2D eigenvalue weighted by atomic mass is 19.4. The molecule has 39 heavy (non-hydrogen) atoms. The van der Waals surface area contributed by atoms with E-state index in [0.717, 1.165) is 29.1 Å². The van der Waals surface area contributed by atoms with Gasteiger partial charge < -0.3 is 9.47 Å². The normalized spacial score (nSPS) is 11.6. The van der Waals surface area contributed by atoms with Crippen molar-refractivity contribution in [2.75, 3.05) is 13.2 Å². The SMILES string of the molecule is CCOC(=O)COc1c(C=Nn2c(-c3cccc(C(F)(F)F)c3)nc3ccccc3c2=O)cccc1[N+](=O)[O-]. The number of alkyl halides is 3. The number of nitro groups is 1. The number of para-hydroxylation sites is 2. The molecule has 0 saturated carbocycles. The van der Waals surface area contributed by atoms with Gasteiger partial charge in [-0.25, -0.2) is 9.78 Å². The molecule has 0 fully saturated rings. The number of carbonyl (C=O) groups excluding carboxylic acids is 1. The Morgan fingerprint density at radius 3 is 2.59 bits per heavy atom. The first-order valence-corrected chi connectivity index (χ1v) is 11.4. The fourth-order valence-corrected chi connectivity index (χ4v) is 3.65. The van der Waals surface area contributed by atoms with Crippen LogP contribution in [-0.4, -0.2) is 40.0 Å². The van der Waals surface area contributed by atoms with Crippen molar-refractivity contribution < 1.29 is 32.4 Å². The van der Waals surface area contributed by atoms with Crippen LogP contribution < -0.4 is 10.3 Å². The number of rotatable bonds is 8. The molecule has 0 saturated heterocycles.